The first-order valence-corrected chi connectivity index (χ1v) is 8.97. The van der Waals surface area contributed by atoms with Crippen LogP contribution in [0.15, 0.2) is 40.2 Å². The van der Waals surface area contributed by atoms with Crippen LogP contribution in [-0.4, -0.2) is 22.8 Å². The van der Waals surface area contributed by atoms with E-state index in [9.17, 15) is 4.79 Å². The van der Waals surface area contributed by atoms with E-state index in [4.69, 9.17) is 0 Å². The molecule has 5 heteroatoms. The zero-order valence-corrected chi connectivity index (χ0v) is 15.7. The minimum absolute atomic E-state index is 0.00185. The van der Waals surface area contributed by atoms with E-state index in [1.807, 2.05) is 56.6 Å². The third-order valence-electron chi connectivity index (χ3n) is 3.76. The minimum Gasteiger partial charge on any atom is -0.337 e. The largest absolute Gasteiger partial charge is 0.337 e. The molecule has 0 spiro atoms. The summed E-state index contributed by atoms with van der Waals surface area (Å²) in [4.78, 5) is 20.3. The maximum atomic E-state index is 12.8. The third-order valence-corrected chi connectivity index (χ3v) is 5.44. The Balaban J connectivity index is 1.90. The molecule has 0 saturated carbocycles. The molecule has 1 amide bonds. The van der Waals surface area contributed by atoms with Crippen LogP contribution < -0.4 is 0 Å². The number of carbonyl (C=O) groups is 1. The molecular formula is C18H17BrN2OS. The van der Waals surface area contributed by atoms with Gasteiger partial charge in [0.1, 0.15) is 0 Å². The maximum absolute atomic E-state index is 12.8. The van der Waals surface area contributed by atoms with Gasteiger partial charge < -0.3 is 4.90 Å². The molecule has 3 aromatic rings. The van der Waals surface area contributed by atoms with Crippen molar-refractivity contribution < 1.29 is 4.79 Å². The molecule has 2 aromatic heterocycles. The van der Waals surface area contributed by atoms with E-state index in [1.54, 1.807) is 16.2 Å². The van der Waals surface area contributed by atoms with E-state index >= 15 is 0 Å². The molecule has 0 saturated heterocycles. The lowest BCUT2D eigenvalue weighted by atomic mass is 10.1. The van der Waals surface area contributed by atoms with Gasteiger partial charge in [0.25, 0.3) is 5.91 Å². The van der Waals surface area contributed by atoms with Crippen LogP contribution in [0.25, 0.3) is 10.9 Å². The van der Waals surface area contributed by atoms with Gasteiger partial charge in [-0.2, -0.15) is 0 Å². The molecule has 0 bridgehead atoms. The molecule has 1 aromatic carbocycles. The first-order chi connectivity index (χ1) is 10.9. The van der Waals surface area contributed by atoms with Gasteiger partial charge in [0.05, 0.1) is 23.3 Å². The fourth-order valence-corrected chi connectivity index (χ4v) is 4.04. The molecule has 0 radical (unpaired) electrons. The average molecular weight is 389 g/mol. The molecule has 3 rings (SSSR count). The number of thiophene rings is 1. The molecule has 23 heavy (non-hydrogen) atoms. The van der Waals surface area contributed by atoms with Crippen LogP contribution in [0.1, 0.15) is 26.5 Å². The van der Waals surface area contributed by atoms with Crippen molar-refractivity contribution in [3.05, 3.63) is 61.9 Å². The zero-order valence-electron chi connectivity index (χ0n) is 13.3. The molecule has 0 fully saturated rings. The van der Waals surface area contributed by atoms with E-state index in [-0.39, 0.29) is 5.91 Å². The van der Waals surface area contributed by atoms with E-state index in [2.05, 4.69) is 20.9 Å². The van der Waals surface area contributed by atoms with Crippen molar-refractivity contribution in [2.24, 2.45) is 0 Å². The van der Waals surface area contributed by atoms with Gasteiger partial charge in [-0.1, -0.05) is 12.1 Å². The predicted octanol–water partition coefficient (Wildman–Crippen LogP) is 4.95. The van der Waals surface area contributed by atoms with Gasteiger partial charge in [0.2, 0.25) is 0 Å². The van der Waals surface area contributed by atoms with Crippen LogP contribution in [0.4, 0.5) is 0 Å². The summed E-state index contributed by atoms with van der Waals surface area (Å²) in [5, 5.41) is 3.02. The molecule has 118 valence electrons. The van der Waals surface area contributed by atoms with Crippen molar-refractivity contribution in [2.75, 3.05) is 7.05 Å². The normalized spacial score (nSPS) is 11.0. The molecule has 0 unspecified atom stereocenters. The monoisotopic (exact) mass is 388 g/mol. The summed E-state index contributed by atoms with van der Waals surface area (Å²) in [5.41, 5.74) is 3.54. The number of amides is 1. The van der Waals surface area contributed by atoms with Gasteiger partial charge in [-0.25, -0.2) is 0 Å². The lowest BCUT2D eigenvalue weighted by molar-refractivity contribution is 0.0785. The van der Waals surface area contributed by atoms with Gasteiger partial charge in [-0.3, -0.25) is 9.78 Å². The van der Waals surface area contributed by atoms with Crippen LogP contribution in [0.2, 0.25) is 0 Å². The Bertz CT molecular complexity index is 888. The number of benzene rings is 1. The summed E-state index contributed by atoms with van der Waals surface area (Å²) in [5.74, 6) is 0.00185. The Morgan fingerprint density at radius 1 is 1.26 bits per heavy atom. The number of hydrogen-bond donors (Lipinski definition) is 0. The Hall–Kier alpha value is -1.72. The maximum Gasteiger partial charge on any atom is 0.255 e. The van der Waals surface area contributed by atoms with Crippen LogP contribution in [0, 0.1) is 13.8 Å². The van der Waals surface area contributed by atoms with Crippen molar-refractivity contribution in [3.63, 3.8) is 0 Å². The summed E-state index contributed by atoms with van der Waals surface area (Å²) in [6.07, 6.45) is 0. The van der Waals surface area contributed by atoms with E-state index in [1.165, 1.54) is 5.56 Å². The molecule has 0 atom stereocenters. The smallest absolute Gasteiger partial charge is 0.255 e. The van der Waals surface area contributed by atoms with E-state index in [0.29, 0.717) is 12.1 Å². The second-order valence-electron chi connectivity index (χ2n) is 5.71. The first kappa shape index (κ1) is 16.1. The number of rotatable bonds is 3. The Kier molecular flexibility index (Phi) is 4.50. The second kappa shape index (κ2) is 6.42. The number of hydrogen-bond acceptors (Lipinski definition) is 3. The van der Waals surface area contributed by atoms with Crippen LogP contribution >= 0.6 is 27.3 Å². The standard InChI is InChI=1S/C18H17BrN2OS/c1-11-4-5-13-7-16(12(2)20-17(13)6-11)18(22)21(3)9-15-8-14(19)10-23-15/h4-8,10H,9H2,1-3H3. The summed E-state index contributed by atoms with van der Waals surface area (Å²) in [6.45, 7) is 4.54. The first-order valence-electron chi connectivity index (χ1n) is 7.30. The predicted molar refractivity (Wildman–Crippen MR) is 99.0 cm³/mol. The van der Waals surface area contributed by atoms with Gasteiger partial charge in [0, 0.05) is 27.2 Å². The van der Waals surface area contributed by atoms with Gasteiger partial charge in [0.15, 0.2) is 0 Å². The van der Waals surface area contributed by atoms with Gasteiger partial charge in [-0.05, 0) is 53.5 Å². The molecule has 0 N–H and O–H groups in total. The van der Waals surface area contributed by atoms with Crippen LogP contribution in [0.5, 0.6) is 0 Å². The number of nitrogens with zero attached hydrogens (tertiary/aromatic N) is 2. The number of halogens is 1. The minimum atomic E-state index is 0.00185. The molecule has 2 heterocycles. The molecule has 0 aliphatic carbocycles. The highest BCUT2D eigenvalue weighted by atomic mass is 79.9. The second-order valence-corrected chi connectivity index (χ2v) is 7.62. The number of carbonyl (C=O) groups excluding carboxylic acids is 1. The third kappa shape index (κ3) is 3.46. The quantitative estimate of drug-likeness (QED) is 0.635. The molecule has 0 aliphatic heterocycles. The van der Waals surface area contributed by atoms with Crippen molar-refractivity contribution in [1.82, 2.24) is 9.88 Å². The molecular weight excluding hydrogens is 372 g/mol. The van der Waals surface area contributed by atoms with E-state index in [0.717, 1.165) is 25.9 Å². The Morgan fingerprint density at radius 3 is 2.74 bits per heavy atom. The van der Waals surface area contributed by atoms with Crippen LogP contribution in [0.3, 0.4) is 0 Å². The SMILES string of the molecule is Cc1ccc2cc(C(=O)N(C)Cc3cc(Br)cs3)c(C)nc2c1. The number of fused-ring (bicyclic) bond motifs is 1. The topological polar surface area (TPSA) is 33.2 Å². The number of aryl methyl sites for hydroxylation is 2. The van der Waals surface area contributed by atoms with Gasteiger partial charge in [-0.15, -0.1) is 11.3 Å². The fourth-order valence-electron chi connectivity index (χ4n) is 2.54. The zero-order chi connectivity index (χ0) is 16.6. The van der Waals surface area contributed by atoms with E-state index < -0.39 is 0 Å². The lowest BCUT2D eigenvalue weighted by Crippen LogP contribution is -2.26. The summed E-state index contributed by atoms with van der Waals surface area (Å²) in [6, 6.07) is 10.1. The van der Waals surface area contributed by atoms with Crippen molar-refractivity contribution in [2.45, 2.75) is 20.4 Å². The summed E-state index contributed by atoms with van der Waals surface area (Å²) < 4.78 is 1.05. The highest BCUT2D eigenvalue weighted by molar-refractivity contribution is 9.10. The highest BCUT2D eigenvalue weighted by Gasteiger charge is 2.17. The molecule has 0 aliphatic rings. The summed E-state index contributed by atoms with van der Waals surface area (Å²) >= 11 is 5.09. The molecule has 3 nitrogen and oxygen atoms in total. The van der Waals surface area contributed by atoms with Crippen molar-refractivity contribution >= 4 is 44.1 Å². The van der Waals surface area contributed by atoms with Gasteiger partial charge >= 0.3 is 0 Å². The van der Waals surface area contributed by atoms with Crippen molar-refractivity contribution in [3.8, 4) is 0 Å². The fraction of sp³-hybridized carbons (Fsp3) is 0.222. The van der Waals surface area contributed by atoms with Crippen molar-refractivity contribution in [1.29, 1.82) is 0 Å². The average Bonchev–Trinajstić information content (AvgIpc) is 2.90. The Labute approximate surface area is 148 Å². The Morgan fingerprint density at radius 2 is 2.04 bits per heavy atom. The summed E-state index contributed by atoms with van der Waals surface area (Å²) in [7, 11) is 1.83. The number of pyridine rings is 1. The van der Waals surface area contributed by atoms with Crippen LogP contribution in [-0.2, 0) is 6.54 Å². The number of aromatic nitrogens is 1. The lowest BCUT2D eigenvalue weighted by Gasteiger charge is -2.17. The highest BCUT2D eigenvalue weighted by Crippen LogP contribution is 2.23.